The van der Waals surface area contributed by atoms with E-state index in [-0.39, 0.29) is 11.1 Å². The summed E-state index contributed by atoms with van der Waals surface area (Å²) in [5.41, 5.74) is -0.389. The third-order valence-electron chi connectivity index (χ3n) is 3.47. The Morgan fingerprint density at radius 3 is 2.12 bits per heavy atom. The fraction of sp³-hybridized carbons (Fsp3) is 0.600. The Kier molecular flexibility index (Phi) is 13.2. The summed E-state index contributed by atoms with van der Waals surface area (Å²) in [6.45, 7) is 11.4. The first-order valence-electron chi connectivity index (χ1n) is 9.08. The van der Waals surface area contributed by atoms with E-state index in [0.717, 1.165) is 12.8 Å². The number of ether oxygens (including phenoxy) is 2. The predicted molar refractivity (Wildman–Crippen MR) is 100 cm³/mol. The number of unbranched alkanes of at least 4 members (excludes halogenated alkanes) is 5. The molecule has 0 saturated heterocycles. The van der Waals surface area contributed by atoms with Crippen molar-refractivity contribution in [2.45, 2.75) is 71.5 Å². The van der Waals surface area contributed by atoms with Gasteiger partial charge in [-0.15, -0.1) is 0 Å². The molecule has 0 aromatic heterocycles. The summed E-state index contributed by atoms with van der Waals surface area (Å²) >= 11 is 0. The number of carbonyl (C=O) groups excluding carboxylic acids is 2. The van der Waals surface area contributed by atoms with Gasteiger partial charge in [0, 0.05) is 12.8 Å². The van der Waals surface area contributed by atoms with Crippen molar-refractivity contribution in [2.24, 2.45) is 0 Å². The first-order valence-corrected chi connectivity index (χ1v) is 9.08. The molecule has 6 nitrogen and oxygen atoms in total. The molecule has 0 aliphatic rings. The molecule has 6 heteroatoms. The topological polar surface area (TPSA) is 80.8 Å². The van der Waals surface area contributed by atoms with E-state index in [0.29, 0.717) is 19.4 Å². The standard InChI is InChI=1S/C20H29N2O4/c1-5-7-8-9-10-11-13-22-15-17(4)20(24)26-18(12-6-2)25-19(23)16(3)14-21/h18H,3-13H2,1-2H3/q+1. The van der Waals surface area contributed by atoms with Crippen molar-refractivity contribution in [3.05, 3.63) is 29.1 Å². The minimum absolute atomic E-state index is 0.0350. The van der Waals surface area contributed by atoms with Crippen LogP contribution in [0, 0.1) is 17.4 Å². The maximum Gasteiger partial charge on any atom is 0.355 e. The highest BCUT2D eigenvalue weighted by Gasteiger charge is 2.22. The van der Waals surface area contributed by atoms with Crippen LogP contribution < -0.4 is 0 Å². The van der Waals surface area contributed by atoms with Crippen LogP contribution in [0.3, 0.4) is 0 Å². The molecule has 0 aromatic rings. The number of hydrogen-bond acceptors (Lipinski definition) is 5. The van der Waals surface area contributed by atoms with Crippen molar-refractivity contribution in [2.75, 3.05) is 6.54 Å². The van der Waals surface area contributed by atoms with Crippen LogP contribution in [0.2, 0.25) is 0 Å². The molecule has 0 saturated carbocycles. The van der Waals surface area contributed by atoms with Crippen molar-refractivity contribution >= 4 is 11.9 Å². The van der Waals surface area contributed by atoms with Gasteiger partial charge in [-0.05, 0) is 12.8 Å². The molecule has 0 fully saturated rings. The lowest BCUT2D eigenvalue weighted by Crippen LogP contribution is -2.25. The van der Waals surface area contributed by atoms with Crippen LogP contribution in [-0.4, -0.2) is 24.8 Å². The highest BCUT2D eigenvalue weighted by atomic mass is 16.7. The number of carbonyl (C=O) groups is 2. The van der Waals surface area contributed by atoms with Gasteiger partial charge in [0.15, 0.2) is 5.57 Å². The van der Waals surface area contributed by atoms with Gasteiger partial charge in [-0.25, -0.2) is 9.59 Å². The van der Waals surface area contributed by atoms with Gasteiger partial charge in [-0.1, -0.05) is 57.5 Å². The minimum atomic E-state index is -1.10. The van der Waals surface area contributed by atoms with Crippen LogP contribution in [0.4, 0.5) is 0 Å². The number of esters is 2. The smallest absolute Gasteiger partial charge is 0.355 e. The Morgan fingerprint density at radius 2 is 1.54 bits per heavy atom. The third kappa shape index (κ3) is 11.0. The zero-order valence-corrected chi connectivity index (χ0v) is 15.9. The molecule has 0 spiro atoms. The molecular formula is C20H29N2O4+. The molecule has 0 N–H and O–H groups in total. The Labute approximate surface area is 156 Å². The molecule has 0 radical (unpaired) electrons. The van der Waals surface area contributed by atoms with Gasteiger partial charge in [0.25, 0.3) is 6.54 Å². The van der Waals surface area contributed by atoms with Crippen LogP contribution in [0.5, 0.6) is 0 Å². The van der Waals surface area contributed by atoms with Gasteiger partial charge in [-0.3, -0.25) is 0 Å². The fourth-order valence-electron chi connectivity index (χ4n) is 1.97. The van der Waals surface area contributed by atoms with E-state index in [1.165, 1.54) is 25.7 Å². The normalized spacial score (nSPS) is 10.7. The Morgan fingerprint density at radius 1 is 0.962 bits per heavy atom. The van der Waals surface area contributed by atoms with E-state index in [1.54, 1.807) is 6.07 Å². The second kappa shape index (κ2) is 14.7. The van der Waals surface area contributed by atoms with Crippen molar-refractivity contribution in [3.63, 3.8) is 0 Å². The lowest BCUT2D eigenvalue weighted by Gasteiger charge is -2.16. The SMILES string of the molecule is C=C(C#N)C(=O)OC(CCC)OC(=O)C(=C)C#[N+]CCCCCCCC. The lowest BCUT2D eigenvalue weighted by atomic mass is 10.1. The summed E-state index contributed by atoms with van der Waals surface area (Å²) in [7, 11) is 0. The molecule has 0 aliphatic carbocycles. The highest BCUT2D eigenvalue weighted by molar-refractivity contribution is 5.93. The summed E-state index contributed by atoms with van der Waals surface area (Å²) in [6, 6.07) is 4.15. The van der Waals surface area contributed by atoms with E-state index in [1.807, 2.05) is 6.92 Å². The molecule has 142 valence electrons. The van der Waals surface area contributed by atoms with Gasteiger partial charge in [0.1, 0.15) is 11.6 Å². The third-order valence-corrected chi connectivity index (χ3v) is 3.47. The summed E-state index contributed by atoms with van der Waals surface area (Å²) in [6.07, 6.45) is 6.75. The van der Waals surface area contributed by atoms with Crippen molar-refractivity contribution < 1.29 is 19.1 Å². The second-order valence-corrected chi connectivity index (χ2v) is 5.86. The van der Waals surface area contributed by atoms with E-state index in [4.69, 9.17) is 14.7 Å². The largest absolute Gasteiger partial charge is 0.421 e. The molecule has 1 atom stereocenters. The second-order valence-electron chi connectivity index (χ2n) is 5.86. The van der Waals surface area contributed by atoms with E-state index >= 15 is 0 Å². The Hall–Kier alpha value is -2.60. The molecule has 0 rings (SSSR count). The van der Waals surface area contributed by atoms with Gasteiger partial charge >= 0.3 is 18.0 Å². The van der Waals surface area contributed by atoms with Gasteiger partial charge in [-0.2, -0.15) is 5.26 Å². The molecule has 0 heterocycles. The molecule has 26 heavy (non-hydrogen) atoms. The Balaban J connectivity index is 4.34. The number of hydrogen-bond donors (Lipinski definition) is 0. The Bertz CT molecular complexity index is 593. The van der Waals surface area contributed by atoms with Crippen LogP contribution >= 0.6 is 0 Å². The molecule has 0 aliphatic heterocycles. The van der Waals surface area contributed by atoms with Crippen LogP contribution in [0.25, 0.3) is 4.85 Å². The van der Waals surface area contributed by atoms with Crippen molar-refractivity contribution in [1.82, 2.24) is 0 Å². The predicted octanol–water partition coefficient (Wildman–Crippen LogP) is 4.53. The summed E-state index contributed by atoms with van der Waals surface area (Å²) < 4.78 is 10.0. The average molecular weight is 361 g/mol. The van der Waals surface area contributed by atoms with Crippen molar-refractivity contribution in [3.8, 4) is 12.1 Å². The maximum atomic E-state index is 12.0. The number of nitriles is 1. The van der Waals surface area contributed by atoms with E-state index in [9.17, 15) is 9.59 Å². The summed E-state index contributed by atoms with van der Waals surface area (Å²) in [5.74, 6) is -1.67. The van der Waals surface area contributed by atoms with Gasteiger partial charge in [0.05, 0.1) is 0 Å². The average Bonchev–Trinajstić information content (AvgIpc) is 2.62. The highest BCUT2D eigenvalue weighted by Crippen LogP contribution is 2.10. The van der Waals surface area contributed by atoms with E-state index in [2.05, 4.69) is 31.0 Å². The first kappa shape index (κ1) is 23.4. The summed E-state index contributed by atoms with van der Waals surface area (Å²) in [4.78, 5) is 27.6. The van der Waals surface area contributed by atoms with Gasteiger partial charge in [0.2, 0.25) is 6.29 Å². The maximum absolute atomic E-state index is 12.0. The zero-order valence-electron chi connectivity index (χ0n) is 15.9. The van der Waals surface area contributed by atoms with Crippen molar-refractivity contribution in [1.29, 1.82) is 5.26 Å². The molecule has 0 aromatic carbocycles. The summed E-state index contributed by atoms with van der Waals surface area (Å²) in [5, 5.41) is 8.62. The van der Waals surface area contributed by atoms with E-state index < -0.39 is 18.2 Å². The number of rotatable bonds is 12. The molecule has 0 bridgehead atoms. The zero-order chi connectivity index (χ0) is 19.8. The molecule has 0 amide bonds. The minimum Gasteiger partial charge on any atom is -0.421 e. The fourth-order valence-corrected chi connectivity index (χ4v) is 1.97. The molecule has 1 unspecified atom stereocenters. The van der Waals surface area contributed by atoms with Crippen LogP contribution in [0.15, 0.2) is 24.3 Å². The van der Waals surface area contributed by atoms with Crippen LogP contribution in [0.1, 0.15) is 65.2 Å². The molecular weight excluding hydrogens is 332 g/mol. The van der Waals surface area contributed by atoms with Crippen LogP contribution in [-0.2, 0) is 19.1 Å². The lowest BCUT2D eigenvalue weighted by molar-refractivity contribution is -0.182. The van der Waals surface area contributed by atoms with Gasteiger partial charge < -0.3 is 9.47 Å². The quantitative estimate of drug-likeness (QED) is 0.168. The number of nitrogens with zero attached hydrogens (tertiary/aromatic N) is 2. The monoisotopic (exact) mass is 361 g/mol. The first-order chi connectivity index (χ1) is 12.5.